The second-order valence-electron chi connectivity index (χ2n) is 4.86. The Labute approximate surface area is 117 Å². The molecule has 0 fully saturated rings. The summed E-state index contributed by atoms with van der Waals surface area (Å²) in [6.07, 6.45) is 0.929. The zero-order chi connectivity index (χ0) is 15.3. The van der Waals surface area contributed by atoms with Crippen molar-refractivity contribution in [1.29, 1.82) is 0 Å². The van der Waals surface area contributed by atoms with Crippen LogP contribution in [0.1, 0.15) is 39.2 Å². The second kappa shape index (κ2) is 6.79. The van der Waals surface area contributed by atoms with Crippen LogP contribution in [0, 0.1) is 17.6 Å². The summed E-state index contributed by atoms with van der Waals surface area (Å²) >= 11 is 0. The Bertz CT molecular complexity index is 472. The molecule has 1 aromatic carbocycles. The lowest BCUT2D eigenvalue weighted by atomic mass is 9.80. The molecule has 0 saturated carbocycles. The van der Waals surface area contributed by atoms with Crippen LogP contribution < -0.4 is 0 Å². The number of carbonyl (C=O) groups is 1. The molecule has 0 aliphatic heterocycles. The number of halogens is 2. The molecule has 1 N–H and O–H groups in total. The van der Waals surface area contributed by atoms with Gasteiger partial charge in [-0.2, -0.15) is 0 Å². The third-order valence-electron chi connectivity index (χ3n) is 3.30. The predicted molar refractivity (Wildman–Crippen MR) is 71.0 cm³/mol. The minimum atomic E-state index is -1.82. The van der Waals surface area contributed by atoms with Gasteiger partial charge >= 0.3 is 5.97 Å². The smallest absolute Gasteiger partial charge is 0.312 e. The molecule has 0 aliphatic carbocycles. The lowest BCUT2D eigenvalue weighted by Gasteiger charge is -2.32. The summed E-state index contributed by atoms with van der Waals surface area (Å²) in [4.78, 5) is 12.0. The van der Waals surface area contributed by atoms with Crippen molar-refractivity contribution in [3.8, 4) is 0 Å². The van der Waals surface area contributed by atoms with Crippen LogP contribution in [0.25, 0.3) is 0 Å². The molecule has 20 heavy (non-hydrogen) atoms. The minimum absolute atomic E-state index is 0.167. The lowest BCUT2D eigenvalue weighted by molar-refractivity contribution is -0.158. The topological polar surface area (TPSA) is 46.5 Å². The maximum absolute atomic E-state index is 13.8. The molecule has 0 heterocycles. The van der Waals surface area contributed by atoms with Crippen molar-refractivity contribution in [3.05, 3.63) is 35.4 Å². The quantitative estimate of drug-likeness (QED) is 0.817. The van der Waals surface area contributed by atoms with Gasteiger partial charge in [-0.25, -0.2) is 8.78 Å². The first kappa shape index (κ1) is 16.6. The van der Waals surface area contributed by atoms with E-state index in [2.05, 4.69) is 0 Å². The molecule has 0 amide bonds. The van der Waals surface area contributed by atoms with E-state index in [0.29, 0.717) is 12.8 Å². The van der Waals surface area contributed by atoms with Gasteiger partial charge < -0.3 is 9.84 Å². The molecule has 1 aromatic rings. The summed E-state index contributed by atoms with van der Waals surface area (Å²) < 4.78 is 32.0. The van der Waals surface area contributed by atoms with E-state index in [1.54, 1.807) is 6.92 Å². The van der Waals surface area contributed by atoms with Crippen molar-refractivity contribution in [2.75, 3.05) is 6.61 Å². The van der Waals surface area contributed by atoms with E-state index in [9.17, 15) is 18.7 Å². The number of benzene rings is 1. The standard InChI is InChI=1S/C15H20F2O3/c1-4-6-11(14(18)20-5-2)15(3,19)12-9-10(16)7-8-13(12)17/h7-9,11,19H,4-6H2,1-3H3. The van der Waals surface area contributed by atoms with Gasteiger partial charge in [0.15, 0.2) is 0 Å². The van der Waals surface area contributed by atoms with Crippen molar-refractivity contribution < 1.29 is 23.4 Å². The van der Waals surface area contributed by atoms with E-state index >= 15 is 0 Å². The fraction of sp³-hybridized carbons (Fsp3) is 0.533. The highest BCUT2D eigenvalue weighted by atomic mass is 19.1. The first-order chi connectivity index (χ1) is 9.34. The van der Waals surface area contributed by atoms with Crippen molar-refractivity contribution in [1.82, 2.24) is 0 Å². The summed E-state index contributed by atoms with van der Waals surface area (Å²) in [5.74, 6) is -2.96. The molecule has 0 spiro atoms. The van der Waals surface area contributed by atoms with Gasteiger partial charge in [-0.1, -0.05) is 13.3 Å². The third kappa shape index (κ3) is 3.54. The normalized spacial score (nSPS) is 15.5. The predicted octanol–water partition coefficient (Wildman–Crippen LogP) is 3.15. The van der Waals surface area contributed by atoms with Crippen LogP contribution in [0.4, 0.5) is 8.78 Å². The van der Waals surface area contributed by atoms with Gasteiger partial charge in [0.25, 0.3) is 0 Å². The Kier molecular flexibility index (Phi) is 5.62. The van der Waals surface area contributed by atoms with E-state index in [-0.39, 0.29) is 12.2 Å². The number of hydrogen-bond acceptors (Lipinski definition) is 3. The Balaban J connectivity index is 3.21. The molecule has 3 nitrogen and oxygen atoms in total. The van der Waals surface area contributed by atoms with Gasteiger partial charge in [-0.05, 0) is 38.5 Å². The number of rotatable bonds is 6. The van der Waals surface area contributed by atoms with Gasteiger partial charge in [0.05, 0.1) is 12.5 Å². The number of aliphatic hydroxyl groups is 1. The van der Waals surface area contributed by atoms with Crippen molar-refractivity contribution in [2.24, 2.45) is 5.92 Å². The molecular weight excluding hydrogens is 266 g/mol. The fourth-order valence-corrected chi connectivity index (χ4v) is 2.23. The zero-order valence-electron chi connectivity index (χ0n) is 12.0. The molecule has 0 aromatic heterocycles. The van der Waals surface area contributed by atoms with Crippen LogP contribution in [-0.4, -0.2) is 17.7 Å². The van der Waals surface area contributed by atoms with Gasteiger partial charge in [0.2, 0.25) is 0 Å². The highest BCUT2D eigenvalue weighted by Gasteiger charge is 2.41. The lowest BCUT2D eigenvalue weighted by Crippen LogP contribution is -2.39. The monoisotopic (exact) mass is 286 g/mol. The Hall–Kier alpha value is -1.49. The van der Waals surface area contributed by atoms with Gasteiger partial charge in [-0.15, -0.1) is 0 Å². The molecule has 2 atom stereocenters. The average Bonchev–Trinajstić information content (AvgIpc) is 2.38. The van der Waals surface area contributed by atoms with Crippen LogP contribution in [0.15, 0.2) is 18.2 Å². The molecule has 0 bridgehead atoms. The summed E-state index contributed by atoms with van der Waals surface area (Å²) in [7, 11) is 0. The molecule has 0 aliphatic rings. The van der Waals surface area contributed by atoms with E-state index < -0.39 is 29.1 Å². The molecule has 0 radical (unpaired) electrons. The molecule has 1 rings (SSSR count). The molecule has 0 saturated heterocycles. The Morgan fingerprint density at radius 1 is 1.40 bits per heavy atom. The highest BCUT2D eigenvalue weighted by molar-refractivity contribution is 5.74. The number of carbonyl (C=O) groups excluding carboxylic acids is 1. The molecule has 5 heteroatoms. The van der Waals surface area contributed by atoms with Gasteiger partial charge in [-0.3, -0.25) is 4.79 Å². The molecular formula is C15H20F2O3. The summed E-state index contributed by atoms with van der Waals surface area (Å²) in [6, 6.07) is 2.82. The highest BCUT2D eigenvalue weighted by Crippen LogP contribution is 2.35. The third-order valence-corrected chi connectivity index (χ3v) is 3.30. The van der Waals surface area contributed by atoms with Gasteiger partial charge in [0.1, 0.15) is 17.2 Å². The van der Waals surface area contributed by atoms with Crippen molar-refractivity contribution in [3.63, 3.8) is 0 Å². The maximum atomic E-state index is 13.8. The average molecular weight is 286 g/mol. The largest absolute Gasteiger partial charge is 0.466 e. The zero-order valence-corrected chi connectivity index (χ0v) is 12.0. The Morgan fingerprint density at radius 2 is 2.05 bits per heavy atom. The Morgan fingerprint density at radius 3 is 2.60 bits per heavy atom. The first-order valence-corrected chi connectivity index (χ1v) is 6.69. The summed E-state index contributed by atoms with van der Waals surface area (Å²) in [5.41, 5.74) is -2.06. The van der Waals surface area contributed by atoms with Crippen molar-refractivity contribution in [2.45, 2.75) is 39.2 Å². The SMILES string of the molecule is CCCC(C(=O)OCC)C(C)(O)c1cc(F)ccc1F. The van der Waals surface area contributed by atoms with Gasteiger partial charge in [0, 0.05) is 5.56 Å². The minimum Gasteiger partial charge on any atom is -0.466 e. The summed E-state index contributed by atoms with van der Waals surface area (Å²) in [6.45, 7) is 4.96. The van der Waals surface area contributed by atoms with Crippen LogP contribution >= 0.6 is 0 Å². The van der Waals surface area contributed by atoms with E-state index in [1.165, 1.54) is 6.92 Å². The molecule has 112 valence electrons. The number of ether oxygens (including phenoxy) is 1. The van der Waals surface area contributed by atoms with E-state index in [4.69, 9.17) is 4.74 Å². The maximum Gasteiger partial charge on any atom is 0.312 e. The van der Waals surface area contributed by atoms with Crippen molar-refractivity contribution >= 4 is 5.97 Å². The number of hydrogen-bond donors (Lipinski definition) is 1. The first-order valence-electron chi connectivity index (χ1n) is 6.69. The van der Waals surface area contributed by atoms with E-state index in [0.717, 1.165) is 18.2 Å². The number of esters is 1. The van der Waals surface area contributed by atoms with Crippen LogP contribution in [0.2, 0.25) is 0 Å². The second-order valence-corrected chi connectivity index (χ2v) is 4.86. The van der Waals surface area contributed by atoms with E-state index in [1.807, 2.05) is 6.92 Å². The summed E-state index contributed by atoms with van der Waals surface area (Å²) in [5, 5.41) is 10.6. The fourth-order valence-electron chi connectivity index (χ4n) is 2.23. The molecule has 2 unspecified atom stereocenters. The van der Waals surface area contributed by atoms with Crippen LogP contribution in [0.5, 0.6) is 0 Å². The van der Waals surface area contributed by atoms with Crippen LogP contribution in [0.3, 0.4) is 0 Å². The van der Waals surface area contributed by atoms with Crippen LogP contribution in [-0.2, 0) is 15.1 Å².